The largest absolute Gasteiger partial charge is 0.465 e. The summed E-state index contributed by atoms with van der Waals surface area (Å²) in [5.74, 6) is 0.647. The summed E-state index contributed by atoms with van der Waals surface area (Å²) in [5, 5.41) is 20.0. The van der Waals surface area contributed by atoms with Crippen molar-refractivity contribution in [1.29, 1.82) is 5.26 Å². The van der Waals surface area contributed by atoms with Crippen molar-refractivity contribution in [1.82, 2.24) is 10.2 Å². The van der Waals surface area contributed by atoms with Crippen molar-refractivity contribution < 1.29 is 9.90 Å². The smallest absolute Gasteiger partial charge is 0.404 e. The molecule has 0 radical (unpaired) electrons. The van der Waals surface area contributed by atoms with Gasteiger partial charge in [-0.2, -0.15) is 5.26 Å². The van der Waals surface area contributed by atoms with Crippen molar-refractivity contribution in [3.63, 3.8) is 0 Å². The first-order valence-electron chi connectivity index (χ1n) is 4.85. The van der Waals surface area contributed by atoms with Gasteiger partial charge in [-0.15, -0.1) is 0 Å². The molecule has 0 aromatic carbocycles. The highest BCUT2D eigenvalue weighted by atomic mass is 16.4. The lowest BCUT2D eigenvalue weighted by molar-refractivity contribution is 0.153. The summed E-state index contributed by atoms with van der Waals surface area (Å²) in [6.07, 6.45) is 3.26. The van der Waals surface area contributed by atoms with Gasteiger partial charge in [0.2, 0.25) is 0 Å². The van der Waals surface area contributed by atoms with E-state index in [1.54, 1.807) is 4.90 Å². The van der Waals surface area contributed by atoms with Crippen molar-refractivity contribution in [2.24, 2.45) is 11.8 Å². The van der Waals surface area contributed by atoms with Crippen LogP contribution < -0.4 is 5.32 Å². The van der Waals surface area contributed by atoms with Crippen LogP contribution in [0, 0.1) is 23.3 Å². The first-order chi connectivity index (χ1) is 6.70. The number of hydrogen-bond acceptors (Lipinski definition) is 3. The number of rotatable bonds is 1. The van der Waals surface area contributed by atoms with Crippen molar-refractivity contribution in [2.75, 3.05) is 13.1 Å². The minimum atomic E-state index is -0.947. The molecule has 1 aliphatic carbocycles. The Balaban J connectivity index is 2.03. The summed E-state index contributed by atoms with van der Waals surface area (Å²) in [4.78, 5) is 12.3. The maximum absolute atomic E-state index is 10.5. The van der Waals surface area contributed by atoms with E-state index in [1.165, 1.54) is 0 Å². The molecule has 5 nitrogen and oxygen atoms in total. The Morgan fingerprint density at radius 3 is 2.43 bits per heavy atom. The second kappa shape index (κ2) is 3.37. The lowest BCUT2D eigenvalue weighted by atomic mass is 9.93. The Morgan fingerprint density at radius 2 is 2.00 bits per heavy atom. The Hall–Kier alpha value is -1.44. The zero-order chi connectivity index (χ0) is 10.1. The summed E-state index contributed by atoms with van der Waals surface area (Å²) in [5.41, 5.74) is 0. The molecule has 2 fully saturated rings. The predicted molar refractivity (Wildman–Crippen MR) is 48.3 cm³/mol. The monoisotopic (exact) mass is 195 g/mol. The molecule has 1 saturated heterocycles. The molecule has 1 saturated carbocycles. The summed E-state index contributed by atoms with van der Waals surface area (Å²) >= 11 is 0. The molecule has 3 atom stereocenters. The molecular weight excluding hydrogens is 182 g/mol. The normalized spacial score (nSPS) is 35.1. The van der Waals surface area contributed by atoms with Crippen LogP contribution in [0.15, 0.2) is 0 Å². The quantitative estimate of drug-likeness (QED) is 0.595. The Labute approximate surface area is 82.3 Å². The van der Waals surface area contributed by atoms with Crippen molar-refractivity contribution in [3.8, 4) is 6.19 Å². The summed E-state index contributed by atoms with van der Waals surface area (Å²) in [6.45, 7) is 1.41. The Kier molecular flexibility index (Phi) is 2.20. The number of nitrogens with one attached hydrogen (secondary N) is 1. The number of piperidine rings is 1. The minimum Gasteiger partial charge on any atom is -0.465 e. The highest BCUT2D eigenvalue weighted by Crippen LogP contribution is 2.36. The van der Waals surface area contributed by atoms with E-state index in [1.807, 2.05) is 0 Å². The van der Waals surface area contributed by atoms with Gasteiger partial charge in [-0.05, 0) is 24.7 Å². The van der Waals surface area contributed by atoms with E-state index in [0.717, 1.165) is 12.8 Å². The summed E-state index contributed by atoms with van der Waals surface area (Å²) in [6, 6.07) is 0.0668. The van der Waals surface area contributed by atoms with E-state index < -0.39 is 6.09 Å². The average molecular weight is 195 g/mol. The summed E-state index contributed by atoms with van der Waals surface area (Å²) in [7, 11) is 0. The van der Waals surface area contributed by atoms with Crippen LogP contribution in [0.5, 0.6) is 0 Å². The van der Waals surface area contributed by atoms with E-state index in [2.05, 4.69) is 11.5 Å². The molecule has 0 aromatic rings. The van der Waals surface area contributed by atoms with Gasteiger partial charge in [-0.1, -0.05) is 0 Å². The maximum Gasteiger partial charge on any atom is 0.404 e. The fourth-order valence-corrected chi connectivity index (χ4v) is 2.68. The van der Waals surface area contributed by atoms with E-state index in [0.29, 0.717) is 24.9 Å². The molecule has 1 aliphatic heterocycles. The Bertz CT molecular complexity index is 272. The lowest BCUT2D eigenvalue weighted by Gasteiger charge is -2.34. The third-order valence-corrected chi connectivity index (χ3v) is 3.27. The van der Waals surface area contributed by atoms with Crippen LogP contribution >= 0.6 is 0 Å². The van der Waals surface area contributed by atoms with E-state index >= 15 is 0 Å². The fourth-order valence-electron chi connectivity index (χ4n) is 2.68. The third-order valence-electron chi connectivity index (χ3n) is 3.27. The van der Waals surface area contributed by atoms with Gasteiger partial charge >= 0.3 is 6.09 Å². The van der Waals surface area contributed by atoms with Crippen LogP contribution in [0.1, 0.15) is 12.8 Å². The van der Waals surface area contributed by atoms with E-state index in [-0.39, 0.29) is 6.04 Å². The van der Waals surface area contributed by atoms with Crippen LogP contribution in [0.3, 0.4) is 0 Å². The highest BCUT2D eigenvalue weighted by Gasteiger charge is 2.42. The van der Waals surface area contributed by atoms with Gasteiger partial charge in [0.15, 0.2) is 6.19 Å². The molecular formula is C9H13N3O2. The van der Waals surface area contributed by atoms with Crippen LogP contribution in [-0.2, 0) is 0 Å². The average Bonchev–Trinajstić information content (AvgIpc) is 2.38. The zero-order valence-corrected chi connectivity index (χ0v) is 7.81. The van der Waals surface area contributed by atoms with Gasteiger partial charge in [-0.3, -0.25) is 0 Å². The number of likely N-dealkylation sites (tertiary alicyclic amines) is 1. The van der Waals surface area contributed by atoms with Crippen molar-refractivity contribution >= 4 is 6.09 Å². The first kappa shape index (κ1) is 9.13. The molecule has 0 aromatic heterocycles. The molecule has 5 heteroatoms. The van der Waals surface area contributed by atoms with Gasteiger partial charge in [0.05, 0.1) is 0 Å². The van der Waals surface area contributed by atoms with Gasteiger partial charge < -0.3 is 15.3 Å². The van der Waals surface area contributed by atoms with Crippen molar-refractivity contribution in [3.05, 3.63) is 0 Å². The number of fused-ring (bicyclic) bond motifs is 2. The fraction of sp³-hybridized carbons (Fsp3) is 0.778. The standard InChI is InChI=1S/C9H13N3O2/c10-5-12-3-6-1-2-7(4-12)8(6)11-9(13)14/h6-8,11H,1-4H2,(H,13,14)/t6-,7+,8+. The SMILES string of the molecule is N#CN1C[C@H]2CC[C@@H](C1)[C@H]2NC(=O)O. The number of nitrogens with zero attached hydrogens (tertiary/aromatic N) is 2. The lowest BCUT2D eigenvalue weighted by Crippen LogP contribution is -2.51. The van der Waals surface area contributed by atoms with Gasteiger partial charge in [0.1, 0.15) is 0 Å². The van der Waals surface area contributed by atoms with Gasteiger partial charge in [0.25, 0.3) is 0 Å². The number of carbonyl (C=O) groups is 1. The van der Waals surface area contributed by atoms with Crippen LogP contribution in [0.2, 0.25) is 0 Å². The number of amides is 1. The number of nitriles is 1. The molecule has 1 heterocycles. The first-order valence-corrected chi connectivity index (χ1v) is 4.85. The second-order valence-corrected chi connectivity index (χ2v) is 4.08. The minimum absolute atomic E-state index is 0.0668. The van der Waals surface area contributed by atoms with E-state index in [9.17, 15) is 4.79 Å². The van der Waals surface area contributed by atoms with Gasteiger partial charge in [-0.25, -0.2) is 4.79 Å². The van der Waals surface area contributed by atoms with E-state index in [4.69, 9.17) is 10.4 Å². The Morgan fingerprint density at radius 1 is 1.43 bits per heavy atom. The van der Waals surface area contributed by atoms with Crippen LogP contribution in [0.25, 0.3) is 0 Å². The molecule has 2 bridgehead atoms. The highest BCUT2D eigenvalue weighted by molar-refractivity contribution is 5.65. The topological polar surface area (TPSA) is 76.4 Å². The zero-order valence-electron chi connectivity index (χ0n) is 7.81. The predicted octanol–water partition coefficient (Wildman–Crippen LogP) is 0.445. The van der Waals surface area contributed by atoms with Gasteiger partial charge in [0, 0.05) is 19.1 Å². The second-order valence-electron chi connectivity index (χ2n) is 4.08. The van der Waals surface area contributed by atoms with Crippen LogP contribution in [0.4, 0.5) is 4.79 Å². The molecule has 0 unspecified atom stereocenters. The molecule has 76 valence electrons. The molecule has 14 heavy (non-hydrogen) atoms. The molecule has 0 spiro atoms. The molecule has 2 N–H and O–H groups in total. The van der Waals surface area contributed by atoms with Crippen LogP contribution in [-0.4, -0.2) is 35.2 Å². The number of hydrogen-bond donors (Lipinski definition) is 2. The molecule has 2 aliphatic rings. The van der Waals surface area contributed by atoms with Crippen molar-refractivity contribution in [2.45, 2.75) is 18.9 Å². The maximum atomic E-state index is 10.5. The number of carboxylic acid groups (broad SMARTS) is 1. The summed E-state index contributed by atoms with van der Waals surface area (Å²) < 4.78 is 0. The molecule has 1 amide bonds. The third kappa shape index (κ3) is 1.48. The molecule has 2 rings (SSSR count).